The molecule has 1 aliphatic heterocycles. The molecule has 1 aromatic carbocycles. The maximum absolute atomic E-state index is 11.4. The topological polar surface area (TPSA) is 41.1 Å². The van der Waals surface area contributed by atoms with Crippen molar-refractivity contribution in [2.75, 3.05) is 0 Å². The molecule has 1 saturated heterocycles. The van der Waals surface area contributed by atoms with E-state index in [1.807, 2.05) is 12.1 Å². The zero-order valence-electron chi connectivity index (χ0n) is 8.91. The quantitative estimate of drug-likeness (QED) is 0.601. The molecule has 82 valence electrons. The molecular formula is C12H12N2OS. The molecule has 16 heavy (non-hydrogen) atoms. The Kier molecular flexibility index (Phi) is 3.01. The van der Waals surface area contributed by atoms with Gasteiger partial charge in [-0.25, -0.2) is 0 Å². The zero-order valence-corrected chi connectivity index (χ0v) is 9.73. The number of carbonyl (C=O) groups excluding carboxylic acids is 1. The average Bonchev–Trinajstić information content (AvgIpc) is 2.59. The molecule has 0 radical (unpaired) electrons. The van der Waals surface area contributed by atoms with Crippen LogP contribution in [0.4, 0.5) is 0 Å². The van der Waals surface area contributed by atoms with Crippen LogP contribution in [0.1, 0.15) is 18.1 Å². The van der Waals surface area contributed by atoms with E-state index in [0.717, 1.165) is 12.0 Å². The van der Waals surface area contributed by atoms with Crippen molar-refractivity contribution in [1.29, 1.82) is 0 Å². The van der Waals surface area contributed by atoms with Gasteiger partial charge >= 0.3 is 0 Å². The summed E-state index contributed by atoms with van der Waals surface area (Å²) in [6.07, 6.45) is 2.80. The van der Waals surface area contributed by atoms with Crippen LogP contribution in [0.25, 0.3) is 6.08 Å². The van der Waals surface area contributed by atoms with Gasteiger partial charge in [-0.3, -0.25) is 10.1 Å². The second-order valence-corrected chi connectivity index (χ2v) is 3.97. The molecule has 2 N–H and O–H groups in total. The Balaban J connectivity index is 2.22. The Morgan fingerprint density at radius 2 is 1.94 bits per heavy atom. The third kappa shape index (κ3) is 2.28. The number of amides is 1. The second-order valence-electron chi connectivity index (χ2n) is 3.56. The Hall–Kier alpha value is -1.68. The summed E-state index contributed by atoms with van der Waals surface area (Å²) in [6.45, 7) is 2.11. The normalized spacial score (nSPS) is 17.4. The monoisotopic (exact) mass is 232 g/mol. The van der Waals surface area contributed by atoms with Gasteiger partial charge in [-0.05, 0) is 35.8 Å². The van der Waals surface area contributed by atoms with E-state index in [1.165, 1.54) is 5.56 Å². The van der Waals surface area contributed by atoms with Crippen molar-refractivity contribution in [2.24, 2.45) is 0 Å². The van der Waals surface area contributed by atoms with Gasteiger partial charge in [0.15, 0.2) is 5.11 Å². The predicted octanol–water partition coefficient (Wildman–Crippen LogP) is 1.59. The molecule has 0 spiro atoms. The lowest BCUT2D eigenvalue weighted by atomic mass is 10.1. The lowest BCUT2D eigenvalue weighted by molar-refractivity contribution is -0.115. The number of thiocarbonyl (C=S) groups is 1. The van der Waals surface area contributed by atoms with Crippen molar-refractivity contribution in [3.05, 3.63) is 41.1 Å². The molecule has 2 rings (SSSR count). The molecule has 0 aromatic heterocycles. The van der Waals surface area contributed by atoms with Crippen LogP contribution in [0.3, 0.4) is 0 Å². The van der Waals surface area contributed by atoms with Crippen molar-refractivity contribution in [3.63, 3.8) is 0 Å². The van der Waals surface area contributed by atoms with E-state index in [2.05, 4.69) is 29.7 Å². The number of nitrogens with one attached hydrogen (secondary N) is 2. The minimum atomic E-state index is -0.176. The summed E-state index contributed by atoms with van der Waals surface area (Å²) < 4.78 is 0. The van der Waals surface area contributed by atoms with Crippen molar-refractivity contribution in [3.8, 4) is 0 Å². The summed E-state index contributed by atoms with van der Waals surface area (Å²) in [4.78, 5) is 11.4. The number of benzene rings is 1. The third-order valence-corrected chi connectivity index (χ3v) is 2.62. The summed E-state index contributed by atoms with van der Waals surface area (Å²) in [5.41, 5.74) is 2.76. The maximum Gasteiger partial charge on any atom is 0.273 e. The molecule has 0 unspecified atom stereocenters. The summed E-state index contributed by atoms with van der Waals surface area (Å²) in [7, 11) is 0. The number of rotatable bonds is 2. The Morgan fingerprint density at radius 3 is 2.44 bits per heavy atom. The standard InChI is InChI=1S/C12H12N2OS/c1-2-8-3-5-9(6-4-8)7-10-11(15)14-12(16)13-10/h3-7H,2H2,1H3,(H2,13,14,15,16). The van der Waals surface area contributed by atoms with Crippen molar-refractivity contribution >= 4 is 29.3 Å². The van der Waals surface area contributed by atoms with Crippen molar-refractivity contribution < 1.29 is 4.79 Å². The van der Waals surface area contributed by atoms with Gasteiger partial charge in [-0.2, -0.15) is 0 Å². The van der Waals surface area contributed by atoms with E-state index < -0.39 is 0 Å². The van der Waals surface area contributed by atoms with Crippen LogP contribution in [0, 0.1) is 0 Å². The van der Waals surface area contributed by atoms with Crippen LogP contribution >= 0.6 is 12.2 Å². The summed E-state index contributed by atoms with van der Waals surface area (Å²) in [5, 5.41) is 5.70. The van der Waals surface area contributed by atoms with Gasteiger partial charge in [-0.1, -0.05) is 31.2 Å². The molecule has 0 atom stereocenters. The summed E-state index contributed by atoms with van der Waals surface area (Å²) in [5.74, 6) is -0.176. The molecule has 1 aliphatic rings. The third-order valence-electron chi connectivity index (χ3n) is 2.42. The van der Waals surface area contributed by atoms with E-state index in [-0.39, 0.29) is 5.91 Å². The van der Waals surface area contributed by atoms with Crippen molar-refractivity contribution in [1.82, 2.24) is 10.6 Å². The van der Waals surface area contributed by atoms with Gasteiger partial charge in [0.1, 0.15) is 5.70 Å². The molecule has 0 aliphatic carbocycles. The van der Waals surface area contributed by atoms with Gasteiger partial charge in [0.2, 0.25) is 0 Å². The highest BCUT2D eigenvalue weighted by molar-refractivity contribution is 7.80. The van der Waals surface area contributed by atoms with Crippen molar-refractivity contribution in [2.45, 2.75) is 13.3 Å². The molecule has 0 bridgehead atoms. The highest BCUT2D eigenvalue weighted by Gasteiger charge is 2.19. The van der Waals surface area contributed by atoms with Crippen LogP contribution in [-0.2, 0) is 11.2 Å². The van der Waals surface area contributed by atoms with E-state index in [4.69, 9.17) is 12.2 Å². The van der Waals surface area contributed by atoms with Gasteiger partial charge < -0.3 is 5.32 Å². The van der Waals surface area contributed by atoms with Crippen LogP contribution in [-0.4, -0.2) is 11.0 Å². The van der Waals surface area contributed by atoms with E-state index in [0.29, 0.717) is 10.8 Å². The first kappa shape index (κ1) is 10.8. The fraction of sp³-hybridized carbons (Fsp3) is 0.167. The molecule has 1 fully saturated rings. The fourth-order valence-electron chi connectivity index (χ4n) is 1.50. The lowest BCUT2D eigenvalue weighted by Gasteiger charge is -1.98. The van der Waals surface area contributed by atoms with E-state index >= 15 is 0 Å². The Bertz CT molecular complexity index is 462. The Morgan fingerprint density at radius 1 is 1.25 bits per heavy atom. The average molecular weight is 232 g/mol. The number of hydrogen-bond acceptors (Lipinski definition) is 2. The summed E-state index contributed by atoms with van der Waals surface area (Å²) in [6, 6.07) is 8.08. The molecule has 0 saturated carbocycles. The first-order valence-electron chi connectivity index (χ1n) is 5.12. The molecule has 1 amide bonds. The molecule has 3 nitrogen and oxygen atoms in total. The molecule has 1 heterocycles. The predicted molar refractivity (Wildman–Crippen MR) is 67.7 cm³/mol. The molecule has 4 heteroatoms. The number of hydrogen-bond donors (Lipinski definition) is 2. The SMILES string of the molecule is CCc1ccc(C=C2NC(=S)NC2=O)cc1. The minimum absolute atomic E-state index is 0.176. The van der Waals surface area contributed by atoms with Crippen LogP contribution in [0.15, 0.2) is 30.0 Å². The Labute approximate surface area is 99.5 Å². The van der Waals surface area contributed by atoms with Gasteiger partial charge in [-0.15, -0.1) is 0 Å². The lowest BCUT2D eigenvalue weighted by Crippen LogP contribution is -2.21. The second kappa shape index (κ2) is 4.45. The largest absolute Gasteiger partial charge is 0.328 e. The smallest absolute Gasteiger partial charge is 0.273 e. The van der Waals surface area contributed by atoms with Gasteiger partial charge in [0, 0.05) is 0 Å². The summed E-state index contributed by atoms with van der Waals surface area (Å²) >= 11 is 4.85. The number of carbonyl (C=O) groups is 1. The highest BCUT2D eigenvalue weighted by Crippen LogP contribution is 2.10. The van der Waals surface area contributed by atoms with Crippen LogP contribution in [0.2, 0.25) is 0 Å². The zero-order chi connectivity index (χ0) is 11.5. The first-order chi connectivity index (χ1) is 7.69. The van der Waals surface area contributed by atoms with E-state index in [9.17, 15) is 4.79 Å². The van der Waals surface area contributed by atoms with Crippen LogP contribution < -0.4 is 10.6 Å². The minimum Gasteiger partial charge on any atom is -0.328 e. The van der Waals surface area contributed by atoms with Gasteiger partial charge in [0.05, 0.1) is 0 Å². The van der Waals surface area contributed by atoms with Crippen LogP contribution in [0.5, 0.6) is 0 Å². The molecule has 1 aromatic rings. The van der Waals surface area contributed by atoms with E-state index in [1.54, 1.807) is 6.08 Å². The molecular weight excluding hydrogens is 220 g/mol. The maximum atomic E-state index is 11.4. The fourth-order valence-corrected chi connectivity index (χ4v) is 1.70. The highest BCUT2D eigenvalue weighted by atomic mass is 32.1. The number of aryl methyl sites for hydroxylation is 1. The van der Waals surface area contributed by atoms with Gasteiger partial charge in [0.25, 0.3) is 5.91 Å². The first-order valence-corrected chi connectivity index (χ1v) is 5.53.